The summed E-state index contributed by atoms with van der Waals surface area (Å²) in [6, 6.07) is 3.55. The summed E-state index contributed by atoms with van der Waals surface area (Å²) in [5, 5.41) is 0. The summed E-state index contributed by atoms with van der Waals surface area (Å²) in [6.07, 6.45) is 0. The Morgan fingerprint density at radius 3 is 2.25 bits per heavy atom. The zero-order chi connectivity index (χ0) is 12.0. The molecular formula is C13H15NO2. The van der Waals surface area contributed by atoms with Crippen LogP contribution in [0.1, 0.15) is 45.7 Å². The highest BCUT2D eigenvalue weighted by atomic mass is 16.2. The highest BCUT2D eigenvalue weighted by Crippen LogP contribution is 2.28. The van der Waals surface area contributed by atoms with Gasteiger partial charge in [0.2, 0.25) is 0 Å². The number of imide groups is 1. The number of amides is 2. The van der Waals surface area contributed by atoms with Gasteiger partial charge in [0.1, 0.15) is 0 Å². The Kier molecular flexibility index (Phi) is 2.34. The number of benzene rings is 1. The van der Waals surface area contributed by atoms with Crippen LogP contribution in [0.25, 0.3) is 0 Å². The first-order chi connectivity index (χ1) is 7.45. The molecule has 3 heteroatoms. The number of fused-ring (bicyclic) bond motifs is 1. The molecule has 2 amide bonds. The first-order valence-corrected chi connectivity index (χ1v) is 5.43. The van der Waals surface area contributed by atoms with Crippen molar-refractivity contribution in [1.82, 2.24) is 4.90 Å². The van der Waals surface area contributed by atoms with Crippen LogP contribution in [0, 0.1) is 13.8 Å². The van der Waals surface area contributed by atoms with Crippen molar-refractivity contribution in [2.75, 3.05) is 0 Å². The zero-order valence-corrected chi connectivity index (χ0v) is 10.00. The molecule has 16 heavy (non-hydrogen) atoms. The quantitative estimate of drug-likeness (QED) is 0.677. The molecule has 1 aliphatic rings. The lowest BCUT2D eigenvalue weighted by Crippen LogP contribution is -2.36. The monoisotopic (exact) mass is 217 g/mol. The average molecular weight is 217 g/mol. The minimum absolute atomic E-state index is 0.0906. The number of carbonyl (C=O) groups excluding carboxylic acids is 2. The molecule has 0 saturated carbocycles. The van der Waals surface area contributed by atoms with Crippen molar-refractivity contribution in [2.45, 2.75) is 33.7 Å². The third-order valence-corrected chi connectivity index (χ3v) is 3.13. The van der Waals surface area contributed by atoms with Crippen molar-refractivity contribution in [1.29, 1.82) is 0 Å². The Labute approximate surface area is 95.1 Å². The van der Waals surface area contributed by atoms with E-state index in [-0.39, 0.29) is 17.9 Å². The third kappa shape index (κ3) is 1.28. The Balaban J connectivity index is 2.65. The van der Waals surface area contributed by atoms with Crippen molar-refractivity contribution in [2.24, 2.45) is 0 Å². The number of nitrogens with zero attached hydrogens (tertiary/aromatic N) is 1. The molecule has 0 fully saturated rings. The van der Waals surface area contributed by atoms with E-state index in [2.05, 4.69) is 0 Å². The van der Waals surface area contributed by atoms with Gasteiger partial charge in [-0.1, -0.05) is 6.07 Å². The van der Waals surface area contributed by atoms with E-state index >= 15 is 0 Å². The van der Waals surface area contributed by atoms with Gasteiger partial charge in [0.05, 0.1) is 11.1 Å². The molecule has 0 spiro atoms. The van der Waals surface area contributed by atoms with Crippen LogP contribution in [0.3, 0.4) is 0 Å². The summed E-state index contributed by atoms with van der Waals surface area (Å²) in [5.41, 5.74) is 3.09. The van der Waals surface area contributed by atoms with Gasteiger partial charge in [-0.2, -0.15) is 0 Å². The van der Waals surface area contributed by atoms with Gasteiger partial charge in [0.15, 0.2) is 0 Å². The summed E-state index contributed by atoms with van der Waals surface area (Å²) in [6.45, 7) is 7.54. The van der Waals surface area contributed by atoms with Gasteiger partial charge < -0.3 is 0 Å². The Morgan fingerprint density at radius 1 is 1.06 bits per heavy atom. The summed E-state index contributed by atoms with van der Waals surface area (Å²) in [7, 11) is 0. The maximum Gasteiger partial charge on any atom is 0.262 e. The molecule has 1 aromatic rings. The van der Waals surface area contributed by atoms with E-state index in [9.17, 15) is 9.59 Å². The van der Waals surface area contributed by atoms with Gasteiger partial charge in [-0.3, -0.25) is 14.5 Å². The van der Waals surface area contributed by atoms with Crippen LogP contribution in [0.5, 0.6) is 0 Å². The summed E-state index contributed by atoms with van der Waals surface area (Å²) in [4.78, 5) is 25.5. The zero-order valence-electron chi connectivity index (χ0n) is 10.00. The maximum atomic E-state index is 12.1. The van der Waals surface area contributed by atoms with Gasteiger partial charge in [0.25, 0.3) is 11.8 Å². The fraction of sp³-hybridized carbons (Fsp3) is 0.385. The van der Waals surface area contributed by atoms with Gasteiger partial charge >= 0.3 is 0 Å². The number of hydrogen-bond acceptors (Lipinski definition) is 2. The number of carbonyl (C=O) groups is 2. The van der Waals surface area contributed by atoms with Crippen LogP contribution in [-0.2, 0) is 0 Å². The molecule has 0 atom stereocenters. The number of hydrogen-bond donors (Lipinski definition) is 0. The molecule has 0 N–H and O–H groups in total. The molecule has 1 heterocycles. The molecule has 2 rings (SSSR count). The molecule has 3 nitrogen and oxygen atoms in total. The Morgan fingerprint density at radius 2 is 1.69 bits per heavy atom. The topological polar surface area (TPSA) is 37.4 Å². The smallest absolute Gasteiger partial charge is 0.262 e. The third-order valence-electron chi connectivity index (χ3n) is 3.13. The Hall–Kier alpha value is -1.64. The first-order valence-electron chi connectivity index (χ1n) is 5.43. The van der Waals surface area contributed by atoms with Crippen LogP contribution in [0.4, 0.5) is 0 Å². The highest BCUT2D eigenvalue weighted by molar-refractivity contribution is 6.22. The molecule has 0 saturated heterocycles. The van der Waals surface area contributed by atoms with Crippen LogP contribution in [-0.4, -0.2) is 22.8 Å². The molecular weight excluding hydrogens is 202 g/mol. The highest BCUT2D eigenvalue weighted by Gasteiger charge is 2.38. The van der Waals surface area contributed by atoms with Gasteiger partial charge in [-0.15, -0.1) is 0 Å². The van der Waals surface area contributed by atoms with Crippen molar-refractivity contribution in [3.8, 4) is 0 Å². The van der Waals surface area contributed by atoms with Gasteiger partial charge in [-0.25, -0.2) is 0 Å². The predicted octanol–water partition coefficient (Wildman–Crippen LogP) is 2.31. The SMILES string of the molecule is Cc1ccc2c(c1C)C(=O)N(C(C)C)C2=O. The lowest BCUT2D eigenvalue weighted by Gasteiger charge is -2.17. The van der Waals surface area contributed by atoms with Crippen LogP contribution < -0.4 is 0 Å². The lowest BCUT2D eigenvalue weighted by molar-refractivity contribution is 0.0609. The van der Waals surface area contributed by atoms with Gasteiger partial charge in [0, 0.05) is 6.04 Å². The summed E-state index contributed by atoms with van der Waals surface area (Å²) < 4.78 is 0. The summed E-state index contributed by atoms with van der Waals surface area (Å²) >= 11 is 0. The Bertz CT molecular complexity index is 489. The van der Waals surface area contributed by atoms with Gasteiger partial charge in [-0.05, 0) is 44.9 Å². The molecule has 1 aliphatic heterocycles. The molecule has 0 aromatic heterocycles. The van der Waals surface area contributed by atoms with E-state index in [0.717, 1.165) is 11.1 Å². The van der Waals surface area contributed by atoms with E-state index in [1.807, 2.05) is 33.8 Å². The fourth-order valence-electron chi connectivity index (χ4n) is 2.08. The molecule has 0 aliphatic carbocycles. The van der Waals surface area contributed by atoms with E-state index in [0.29, 0.717) is 11.1 Å². The van der Waals surface area contributed by atoms with Crippen LogP contribution in [0.2, 0.25) is 0 Å². The van der Waals surface area contributed by atoms with Crippen molar-refractivity contribution >= 4 is 11.8 Å². The molecule has 0 unspecified atom stereocenters. The van der Waals surface area contributed by atoms with Crippen molar-refractivity contribution < 1.29 is 9.59 Å². The van der Waals surface area contributed by atoms with E-state index in [1.165, 1.54) is 4.90 Å². The average Bonchev–Trinajstić information content (AvgIpc) is 2.45. The van der Waals surface area contributed by atoms with Crippen molar-refractivity contribution in [3.63, 3.8) is 0 Å². The molecule has 1 aromatic carbocycles. The molecule has 0 radical (unpaired) electrons. The van der Waals surface area contributed by atoms with Crippen LogP contribution in [0.15, 0.2) is 12.1 Å². The first kappa shape index (κ1) is 10.9. The molecule has 84 valence electrons. The molecule has 0 bridgehead atoms. The largest absolute Gasteiger partial charge is 0.272 e. The van der Waals surface area contributed by atoms with E-state index in [4.69, 9.17) is 0 Å². The number of aryl methyl sites for hydroxylation is 1. The standard InChI is InChI=1S/C13H15NO2/c1-7(2)14-12(15)10-6-5-8(3)9(4)11(10)13(14)16/h5-7H,1-4H3. The second-order valence-electron chi connectivity index (χ2n) is 4.50. The second kappa shape index (κ2) is 3.44. The summed E-state index contributed by atoms with van der Waals surface area (Å²) in [5.74, 6) is -0.325. The fourth-order valence-corrected chi connectivity index (χ4v) is 2.08. The van der Waals surface area contributed by atoms with Crippen LogP contribution >= 0.6 is 0 Å². The second-order valence-corrected chi connectivity index (χ2v) is 4.50. The van der Waals surface area contributed by atoms with E-state index in [1.54, 1.807) is 6.07 Å². The normalized spacial score (nSPS) is 14.9. The predicted molar refractivity (Wildman–Crippen MR) is 61.6 cm³/mol. The number of rotatable bonds is 1. The minimum atomic E-state index is -0.168. The van der Waals surface area contributed by atoms with E-state index < -0.39 is 0 Å². The minimum Gasteiger partial charge on any atom is -0.272 e. The maximum absolute atomic E-state index is 12.1. The lowest BCUT2D eigenvalue weighted by atomic mass is 9.99. The van der Waals surface area contributed by atoms with Crippen molar-refractivity contribution in [3.05, 3.63) is 34.4 Å².